The maximum atomic E-state index is 9.61. The standard InChI is InChI=1S/C14H21NO.C2H4O2/c1-3-7-14(8-9-15(2)11-14)12-5-4-6-13(16)10-12;1-2(3)4/h4-6,10,16H,3,7-9,11H2,1-2H3;1H3,(H,3,4). The quantitative estimate of drug-likeness (QED) is 0.893. The van der Waals surface area contributed by atoms with Gasteiger partial charge in [0.05, 0.1) is 0 Å². The second-order valence-corrected chi connectivity index (χ2v) is 5.59. The van der Waals surface area contributed by atoms with Gasteiger partial charge in [0, 0.05) is 18.9 Å². The number of aliphatic carboxylic acids is 1. The third-order valence-electron chi connectivity index (χ3n) is 3.73. The van der Waals surface area contributed by atoms with Gasteiger partial charge in [-0.15, -0.1) is 0 Å². The molecule has 0 aromatic heterocycles. The van der Waals surface area contributed by atoms with Crippen molar-refractivity contribution < 1.29 is 15.0 Å². The SMILES string of the molecule is CC(=O)O.CCCC1(c2cccc(O)c2)CCN(C)C1. The minimum Gasteiger partial charge on any atom is -0.508 e. The topological polar surface area (TPSA) is 60.8 Å². The highest BCUT2D eigenvalue weighted by Crippen LogP contribution is 2.39. The van der Waals surface area contributed by atoms with Crippen molar-refractivity contribution in [3.8, 4) is 5.75 Å². The first-order chi connectivity index (χ1) is 9.39. The molecule has 0 amide bonds. The van der Waals surface area contributed by atoms with Crippen LogP contribution >= 0.6 is 0 Å². The molecule has 0 aliphatic carbocycles. The van der Waals surface area contributed by atoms with Gasteiger partial charge in [0.15, 0.2) is 0 Å². The lowest BCUT2D eigenvalue weighted by atomic mass is 9.76. The third-order valence-corrected chi connectivity index (χ3v) is 3.73. The van der Waals surface area contributed by atoms with Crippen molar-refractivity contribution in [2.45, 2.75) is 38.5 Å². The molecule has 0 saturated carbocycles. The Bertz CT molecular complexity index is 439. The lowest BCUT2D eigenvalue weighted by Crippen LogP contribution is -2.29. The molecule has 1 aliphatic heterocycles. The summed E-state index contributed by atoms with van der Waals surface area (Å²) in [4.78, 5) is 11.4. The highest BCUT2D eigenvalue weighted by atomic mass is 16.4. The largest absolute Gasteiger partial charge is 0.508 e. The summed E-state index contributed by atoms with van der Waals surface area (Å²) in [5.74, 6) is -0.442. The maximum Gasteiger partial charge on any atom is 0.300 e. The van der Waals surface area contributed by atoms with Crippen molar-refractivity contribution in [3.05, 3.63) is 29.8 Å². The van der Waals surface area contributed by atoms with Gasteiger partial charge in [-0.3, -0.25) is 4.79 Å². The molecule has 112 valence electrons. The van der Waals surface area contributed by atoms with Gasteiger partial charge in [0.25, 0.3) is 5.97 Å². The van der Waals surface area contributed by atoms with Gasteiger partial charge >= 0.3 is 0 Å². The van der Waals surface area contributed by atoms with Gasteiger partial charge in [-0.1, -0.05) is 25.5 Å². The highest BCUT2D eigenvalue weighted by Gasteiger charge is 2.37. The van der Waals surface area contributed by atoms with Gasteiger partial charge in [-0.05, 0) is 44.1 Å². The van der Waals surface area contributed by atoms with Crippen LogP contribution < -0.4 is 0 Å². The molecule has 1 aromatic rings. The van der Waals surface area contributed by atoms with Gasteiger partial charge in [-0.2, -0.15) is 0 Å². The summed E-state index contributed by atoms with van der Waals surface area (Å²) in [7, 11) is 2.18. The number of benzene rings is 1. The van der Waals surface area contributed by atoms with E-state index in [9.17, 15) is 5.11 Å². The summed E-state index contributed by atoms with van der Waals surface area (Å²) in [6, 6.07) is 7.81. The number of aromatic hydroxyl groups is 1. The van der Waals surface area contributed by atoms with Crippen LogP contribution in [0, 0.1) is 0 Å². The summed E-state index contributed by atoms with van der Waals surface area (Å²) in [5, 5.41) is 17.0. The number of carboxylic acids is 1. The van der Waals surface area contributed by atoms with Crippen LogP contribution in [0.5, 0.6) is 5.75 Å². The van der Waals surface area contributed by atoms with E-state index in [0.717, 1.165) is 20.0 Å². The molecule has 0 spiro atoms. The van der Waals surface area contributed by atoms with Crippen LogP contribution in [-0.2, 0) is 10.2 Å². The van der Waals surface area contributed by atoms with Crippen LogP contribution in [0.15, 0.2) is 24.3 Å². The van der Waals surface area contributed by atoms with Gasteiger partial charge in [-0.25, -0.2) is 0 Å². The van der Waals surface area contributed by atoms with Crippen molar-refractivity contribution in [2.24, 2.45) is 0 Å². The maximum absolute atomic E-state index is 9.61. The number of carbonyl (C=O) groups is 1. The fourth-order valence-electron chi connectivity index (χ4n) is 2.98. The van der Waals surface area contributed by atoms with Crippen LogP contribution in [0.25, 0.3) is 0 Å². The Morgan fingerprint density at radius 1 is 1.45 bits per heavy atom. The molecule has 1 aromatic carbocycles. The molecule has 0 bridgehead atoms. The van der Waals surface area contributed by atoms with E-state index in [1.807, 2.05) is 12.1 Å². The monoisotopic (exact) mass is 279 g/mol. The Balaban J connectivity index is 0.000000444. The Labute approximate surface area is 121 Å². The normalized spacial score (nSPS) is 22.1. The molecule has 2 N–H and O–H groups in total. The lowest BCUT2D eigenvalue weighted by molar-refractivity contribution is -0.134. The van der Waals surface area contributed by atoms with Crippen molar-refractivity contribution in [2.75, 3.05) is 20.1 Å². The number of phenols is 1. The fraction of sp³-hybridized carbons (Fsp3) is 0.562. The number of likely N-dealkylation sites (N-methyl/N-ethyl adjacent to an activating group) is 1. The lowest BCUT2D eigenvalue weighted by Gasteiger charge is -2.29. The molecular weight excluding hydrogens is 254 g/mol. The number of likely N-dealkylation sites (tertiary alicyclic amines) is 1. The summed E-state index contributed by atoms with van der Waals surface area (Å²) >= 11 is 0. The summed E-state index contributed by atoms with van der Waals surface area (Å²) in [6.07, 6.45) is 3.62. The second kappa shape index (κ2) is 7.29. The minimum atomic E-state index is -0.833. The van der Waals surface area contributed by atoms with Crippen molar-refractivity contribution in [1.29, 1.82) is 0 Å². The molecule has 2 rings (SSSR count). The van der Waals surface area contributed by atoms with Crippen LogP contribution in [-0.4, -0.2) is 41.2 Å². The van der Waals surface area contributed by atoms with Crippen LogP contribution in [0.4, 0.5) is 0 Å². The van der Waals surface area contributed by atoms with Crippen molar-refractivity contribution in [1.82, 2.24) is 4.90 Å². The smallest absolute Gasteiger partial charge is 0.300 e. The Morgan fingerprint density at radius 2 is 2.10 bits per heavy atom. The van der Waals surface area contributed by atoms with E-state index in [4.69, 9.17) is 9.90 Å². The summed E-state index contributed by atoms with van der Waals surface area (Å²) in [6.45, 7) is 5.60. The van der Waals surface area contributed by atoms with Crippen LogP contribution in [0.2, 0.25) is 0 Å². The predicted octanol–water partition coefficient (Wildman–Crippen LogP) is 2.86. The molecule has 1 unspecified atom stereocenters. The summed E-state index contributed by atoms with van der Waals surface area (Å²) < 4.78 is 0. The fourth-order valence-corrected chi connectivity index (χ4v) is 2.98. The Morgan fingerprint density at radius 3 is 2.55 bits per heavy atom. The first-order valence-corrected chi connectivity index (χ1v) is 7.07. The van der Waals surface area contributed by atoms with E-state index in [0.29, 0.717) is 5.75 Å². The van der Waals surface area contributed by atoms with E-state index >= 15 is 0 Å². The average molecular weight is 279 g/mol. The summed E-state index contributed by atoms with van der Waals surface area (Å²) in [5.41, 5.74) is 1.57. The highest BCUT2D eigenvalue weighted by molar-refractivity contribution is 5.62. The van der Waals surface area contributed by atoms with Gasteiger partial charge in [0.1, 0.15) is 5.75 Å². The first kappa shape index (κ1) is 16.5. The van der Waals surface area contributed by atoms with Crippen molar-refractivity contribution in [3.63, 3.8) is 0 Å². The van der Waals surface area contributed by atoms with Gasteiger partial charge < -0.3 is 15.1 Å². The Kier molecular flexibility index (Phi) is 6.02. The molecule has 0 radical (unpaired) electrons. The molecule has 1 heterocycles. The minimum absolute atomic E-state index is 0.266. The van der Waals surface area contributed by atoms with E-state index < -0.39 is 5.97 Å². The zero-order valence-electron chi connectivity index (χ0n) is 12.6. The average Bonchev–Trinajstić information content (AvgIpc) is 2.72. The molecule has 1 saturated heterocycles. The second-order valence-electron chi connectivity index (χ2n) is 5.59. The van der Waals surface area contributed by atoms with E-state index in [1.54, 1.807) is 6.07 Å². The predicted molar refractivity (Wildman–Crippen MR) is 80.1 cm³/mol. The Hall–Kier alpha value is -1.55. The molecule has 1 atom stereocenters. The molecule has 4 heteroatoms. The van der Waals surface area contributed by atoms with Crippen LogP contribution in [0.3, 0.4) is 0 Å². The molecule has 1 aliphatic rings. The van der Waals surface area contributed by atoms with E-state index in [2.05, 4.69) is 24.9 Å². The molecule has 20 heavy (non-hydrogen) atoms. The zero-order valence-corrected chi connectivity index (χ0v) is 12.6. The van der Waals surface area contributed by atoms with Gasteiger partial charge in [0.2, 0.25) is 0 Å². The number of hydrogen-bond donors (Lipinski definition) is 2. The zero-order chi connectivity index (χ0) is 15.2. The molecular formula is C16H25NO3. The number of rotatable bonds is 3. The van der Waals surface area contributed by atoms with Crippen LogP contribution in [0.1, 0.15) is 38.7 Å². The number of nitrogens with zero attached hydrogens (tertiary/aromatic N) is 1. The van der Waals surface area contributed by atoms with Crippen molar-refractivity contribution >= 4 is 5.97 Å². The number of carboxylic acid groups (broad SMARTS) is 1. The molecule has 1 fully saturated rings. The number of hydrogen-bond acceptors (Lipinski definition) is 3. The van der Waals surface area contributed by atoms with E-state index in [1.165, 1.54) is 24.8 Å². The third kappa shape index (κ3) is 4.53. The molecule has 4 nitrogen and oxygen atoms in total. The number of phenolic OH excluding ortho intramolecular Hbond substituents is 1. The van der Waals surface area contributed by atoms with E-state index in [-0.39, 0.29) is 5.41 Å². The first-order valence-electron chi connectivity index (χ1n) is 7.07.